The molecule has 5 nitrogen and oxygen atoms in total. The first kappa shape index (κ1) is 17.3. The van der Waals surface area contributed by atoms with E-state index in [2.05, 4.69) is 22.3 Å². The highest BCUT2D eigenvalue weighted by molar-refractivity contribution is 5.87. The molecule has 0 unspecified atom stereocenters. The lowest BCUT2D eigenvalue weighted by Crippen LogP contribution is -2.47. The van der Waals surface area contributed by atoms with E-state index in [-0.39, 0.29) is 24.4 Å². The molecule has 0 bridgehead atoms. The molecule has 5 heteroatoms. The fourth-order valence-electron chi connectivity index (χ4n) is 2.81. The molecule has 126 valence electrons. The number of carbonyl (C=O) groups excluding carboxylic acids is 2. The van der Waals surface area contributed by atoms with Crippen molar-refractivity contribution in [3.05, 3.63) is 29.8 Å². The molecule has 2 amide bonds. The number of benzene rings is 1. The molecule has 0 aliphatic carbocycles. The number of hydrogen-bond donors (Lipinski definition) is 1. The molecule has 1 aromatic rings. The Labute approximate surface area is 138 Å². The second kappa shape index (κ2) is 6.60. The van der Waals surface area contributed by atoms with Gasteiger partial charge in [-0.1, -0.05) is 39.0 Å². The van der Waals surface area contributed by atoms with Crippen molar-refractivity contribution in [1.29, 1.82) is 0 Å². The van der Waals surface area contributed by atoms with E-state index in [1.807, 2.05) is 51.8 Å². The highest BCUT2D eigenvalue weighted by atomic mass is 16.2. The van der Waals surface area contributed by atoms with Crippen LogP contribution in [0.1, 0.15) is 33.3 Å². The molecule has 1 atom stereocenters. The van der Waals surface area contributed by atoms with Crippen molar-refractivity contribution >= 4 is 17.5 Å². The zero-order valence-electron chi connectivity index (χ0n) is 14.7. The highest BCUT2D eigenvalue weighted by Gasteiger charge is 2.28. The number of para-hydroxylation sites is 1. The van der Waals surface area contributed by atoms with Crippen LogP contribution in [0.15, 0.2) is 24.3 Å². The van der Waals surface area contributed by atoms with Gasteiger partial charge >= 0.3 is 0 Å². The number of carbonyl (C=O) groups is 2. The molecular weight excluding hydrogens is 290 g/mol. The number of fused-ring (bicyclic) bond motifs is 1. The van der Waals surface area contributed by atoms with Crippen LogP contribution in [0.2, 0.25) is 0 Å². The van der Waals surface area contributed by atoms with Gasteiger partial charge in [-0.3, -0.25) is 9.59 Å². The summed E-state index contributed by atoms with van der Waals surface area (Å²) in [5.41, 5.74) is 1.81. The summed E-state index contributed by atoms with van der Waals surface area (Å²) in [4.78, 5) is 28.6. The van der Waals surface area contributed by atoms with Crippen LogP contribution >= 0.6 is 0 Å². The topological polar surface area (TPSA) is 52.6 Å². The predicted octanol–water partition coefficient (Wildman–Crippen LogP) is 2.02. The van der Waals surface area contributed by atoms with Gasteiger partial charge in [-0.2, -0.15) is 0 Å². The highest BCUT2D eigenvalue weighted by Crippen LogP contribution is 2.26. The first-order valence-electron chi connectivity index (χ1n) is 8.07. The summed E-state index contributed by atoms with van der Waals surface area (Å²) in [5, 5.41) is 2.75. The van der Waals surface area contributed by atoms with Gasteiger partial charge in [-0.15, -0.1) is 0 Å². The second-order valence-electron chi connectivity index (χ2n) is 7.31. The maximum atomic E-state index is 12.6. The lowest BCUT2D eigenvalue weighted by molar-refractivity contribution is -0.136. The van der Waals surface area contributed by atoms with E-state index in [4.69, 9.17) is 0 Å². The van der Waals surface area contributed by atoms with Crippen LogP contribution in [-0.2, 0) is 16.1 Å². The van der Waals surface area contributed by atoms with Gasteiger partial charge in [0.15, 0.2) is 0 Å². The molecule has 0 saturated heterocycles. The minimum Gasteiger partial charge on any atom is -0.372 e. The minimum absolute atomic E-state index is 0.0415. The number of likely N-dealkylation sites (N-methyl/N-ethyl adjacent to an activating group) is 1. The molecule has 23 heavy (non-hydrogen) atoms. The van der Waals surface area contributed by atoms with Crippen LogP contribution in [0.4, 0.5) is 5.69 Å². The quantitative estimate of drug-likeness (QED) is 0.908. The SMILES string of the molecule is C[C@@H]1CN(C)c2ccccc2CN1C(=O)CNC(=O)C(C)(C)C. The Morgan fingerprint density at radius 3 is 2.57 bits per heavy atom. The van der Waals surface area contributed by atoms with E-state index in [1.54, 1.807) is 0 Å². The van der Waals surface area contributed by atoms with Crippen molar-refractivity contribution < 1.29 is 9.59 Å². The lowest BCUT2D eigenvalue weighted by Gasteiger charge is -2.29. The molecule has 0 radical (unpaired) electrons. The van der Waals surface area contributed by atoms with Gasteiger partial charge in [0.25, 0.3) is 0 Å². The Balaban J connectivity index is 2.10. The van der Waals surface area contributed by atoms with E-state index < -0.39 is 5.41 Å². The maximum Gasteiger partial charge on any atom is 0.242 e. The maximum absolute atomic E-state index is 12.6. The van der Waals surface area contributed by atoms with E-state index in [9.17, 15) is 9.59 Å². The zero-order valence-corrected chi connectivity index (χ0v) is 14.7. The summed E-state index contributed by atoms with van der Waals surface area (Å²) in [5.74, 6) is -0.147. The van der Waals surface area contributed by atoms with Gasteiger partial charge in [-0.05, 0) is 18.6 Å². The van der Waals surface area contributed by atoms with E-state index in [1.165, 1.54) is 0 Å². The molecule has 0 fully saturated rings. The Bertz CT molecular complexity index is 592. The normalized spacial score (nSPS) is 18.2. The van der Waals surface area contributed by atoms with Crippen molar-refractivity contribution in [3.8, 4) is 0 Å². The molecular formula is C18H27N3O2. The summed E-state index contributed by atoms with van der Waals surface area (Å²) in [6, 6.07) is 8.23. The molecule has 1 aliphatic heterocycles. The number of nitrogens with one attached hydrogen (secondary N) is 1. The average molecular weight is 317 g/mol. The Morgan fingerprint density at radius 2 is 1.91 bits per heavy atom. The molecule has 2 rings (SSSR count). The van der Waals surface area contributed by atoms with Gasteiger partial charge in [0.1, 0.15) is 0 Å². The molecule has 1 aromatic carbocycles. The first-order valence-corrected chi connectivity index (χ1v) is 8.07. The van der Waals surface area contributed by atoms with Gasteiger partial charge in [0.2, 0.25) is 11.8 Å². The monoisotopic (exact) mass is 317 g/mol. The van der Waals surface area contributed by atoms with E-state index in [0.29, 0.717) is 6.54 Å². The Kier molecular flexibility index (Phi) is 4.97. The lowest BCUT2D eigenvalue weighted by atomic mass is 9.96. The summed E-state index contributed by atoms with van der Waals surface area (Å²) < 4.78 is 0. The smallest absolute Gasteiger partial charge is 0.242 e. The van der Waals surface area contributed by atoms with Crippen LogP contribution in [-0.4, -0.2) is 42.9 Å². The summed E-state index contributed by atoms with van der Waals surface area (Å²) in [6.07, 6.45) is 0. The number of hydrogen-bond acceptors (Lipinski definition) is 3. The van der Waals surface area contributed by atoms with Gasteiger partial charge in [0.05, 0.1) is 6.54 Å². The zero-order chi connectivity index (χ0) is 17.2. The number of rotatable bonds is 2. The second-order valence-corrected chi connectivity index (χ2v) is 7.31. The fraction of sp³-hybridized carbons (Fsp3) is 0.556. The third kappa shape index (κ3) is 4.03. The van der Waals surface area contributed by atoms with Gasteiger partial charge < -0.3 is 15.1 Å². The molecule has 1 heterocycles. The van der Waals surface area contributed by atoms with Crippen molar-refractivity contribution in [3.63, 3.8) is 0 Å². The van der Waals surface area contributed by atoms with Gasteiger partial charge in [0, 0.05) is 37.3 Å². The molecule has 0 saturated carbocycles. The number of amides is 2. The largest absolute Gasteiger partial charge is 0.372 e. The van der Waals surface area contributed by atoms with Crippen LogP contribution < -0.4 is 10.2 Å². The van der Waals surface area contributed by atoms with Crippen molar-refractivity contribution in [2.75, 3.05) is 25.0 Å². The predicted molar refractivity (Wildman–Crippen MR) is 92.2 cm³/mol. The fourth-order valence-corrected chi connectivity index (χ4v) is 2.81. The van der Waals surface area contributed by atoms with Crippen LogP contribution in [0.25, 0.3) is 0 Å². The first-order chi connectivity index (χ1) is 10.7. The van der Waals surface area contributed by atoms with Crippen LogP contribution in [0, 0.1) is 5.41 Å². The summed E-state index contributed by atoms with van der Waals surface area (Å²) >= 11 is 0. The summed E-state index contributed by atoms with van der Waals surface area (Å²) in [7, 11) is 2.05. The van der Waals surface area contributed by atoms with Crippen molar-refractivity contribution in [2.24, 2.45) is 5.41 Å². The summed E-state index contributed by atoms with van der Waals surface area (Å²) in [6.45, 7) is 8.96. The Hall–Kier alpha value is -2.04. The minimum atomic E-state index is -0.489. The van der Waals surface area contributed by atoms with Gasteiger partial charge in [-0.25, -0.2) is 0 Å². The molecule has 1 N–H and O–H groups in total. The number of nitrogens with zero attached hydrogens (tertiary/aromatic N) is 2. The Morgan fingerprint density at radius 1 is 1.26 bits per heavy atom. The van der Waals surface area contributed by atoms with Crippen molar-refractivity contribution in [1.82, 2.24) is 10.2 Å². The van der Waals surface area contributed by atoms with Crippen LogP contribution in [0.3, 0.4) is 0 Å². The third-order valence-electron chi connectivity index (χ3n) is 4.22. The van der Waals surface area contributed by atoms with Crippen molar-refractivity contribution in [2.45, 2.75) is 40.3 Å². The molecule has 1 aliphatic rings. The van der Waals surface area contributed by atoms with E-state index >= 15 is 0 Å². The van der Waals surface area contributed by atoms with E-state index in [0.717, 1.165) is 17.8 Å². The standard InChI is InChI=1S/C18H27N3O2/c1-13-11-20(5)15-9-7-6-8-14(15)12-21(13)16(22)10-19-17(23)18(2,3)4/h6-9,13H,10-12H2,1-5H3,(H,19,23)/t13-/m1/s1. The third-order valence-corrected chi connectivity index (χ3v) is 4.22. The number of anilines is 1. The molecule has 0 spiro atoms. The van der Waals surface area contributed by atoms with Crippen LogP contribution in [0.5, 0.6) is 0 Å². The molecule has 0 aromatic heterocycles. The average Bonchev–Trinajstić information content (AvgIpc) is 2.60.